The van der Waals surface area contributed by atoms with Gasteiger partial charge in [0.05, 0.1) is 11.0 Å². The molecule has 8 heteroatoms. The first kappa shape index (κ1) is 46.4. The number of furan rings is 1. The molecule has 6 heterocycles. The normalized spacial score (nSPS) is 11.8. The molecule has 0 unspecified atom stereocenters. The van der Waals surface area contributed by atoms with Crippen molar-refractivity contribution < 1.29 is 25.5 Å². The SMILES string of the molecule is Cc1cc(C)c(-c2ccc3c(c2)c2ccc(-c4cc5c6ccccc6oc5c5c4nc(-c4cccc6c7c(-c8ccccc8)cccc7n(C)c46)n5-c4ccccc4)[c-]c2n3-c2cc(-c3ccncc3)ccn2)c(C)c1.[Pt]. The molecule has 0 amide bonds. The molecule has 0 aliphatic heterocycles. The first-order valence-corrected chi connectivity index (χ1v) is 25.8. The smallest absolute Gasteiger partial charge is 0.160 e. The zero-order valence-corrected chi connectivity index (χ0v) is 44.9. The maximum absolute atomic E-state index is 7.01. The summed E-state index contributed by atoms with van der Waals surface area (Å²) in [5, 5.41) is 6.63. The number of para-hydroxylation sites is 3. The van der Waals surface area contributed by atoms with E-state index in [0.29, 0.717) is 0 Å². The molecule has 370 valence electrons. The average Bonchev–Trinajstić information content (AvgIpc) is 4.41. The molecule has 7 nitrogen and oxygen atoms in total. The second-order valence-electron chi connectivity index (χ2n) is 20.1. The van der Waals surface area contributed by atoms with Crippen LogP contribution in [0.4, 0.5) is 0 Å². The number of hydrogen-bond acceptors (Lipinski definition) is 4. The van der Waals surface area contributed by atoms with Gasteiger partial charge in [0.25, 0.3) is 0 Å². The molecule has 0 aliphatic carbocycles. The van der Waals surface area contributed by atoms with Crippen molar-refractivity contribution in [1.29, 1.82) is 0 Å². The summed E-state index contributed by atoms with van der Waals surface area (Å²) < 4.78 is 13.9. The van der Waals surface area contributed by atoms with E-state index < -0.39 is 0 Å². The Bertz CT molecular complexity index is 4830. The van der Waals surface area contributed by atoms with Crippen LogP contribution in [0, 0.1) is 26.8 Å². The van der Waals surface area contributed by atoms with E-state index in [1.54, 1.807) is 0 Å². The van der Waals surface area contributed by atoms with E-state index in [1.165, 1.54) is 49.7 Å². The number of benzene rings is 9. The van der Waals surface area contributed by atoms with Crippen LogP contribution < -0.4 is 0 Å². The van der Waals surface area contributed by atoms with E-state index >= 15 is 0 Å². The minimum atomic E-state index is 0. The van der Waals surface area contributed by atoms with Crippen molar-refractivity contribution >= 4 is 76.6 Å². The maximum Gasteiger partial charge on any atom is 0.160 e. The van der Waals surface area contributed by atoms with Crippen LogP contribution in [-0.2, 0) is 28.1 Å². The van der Waals surface area contributed by atoms with Crippen molar-refractivity contribution in [3.05, 3.63) is 235 Å². The van der Waals surface area contributed by atoms with Gasteiger partial charge in [0.2, 0.25) is 0 Å². The molecule has 0 saturated heterocycles. The number of aryl methyl sites for hydroxylation is 4. The van der Waals surface area contributed by atoms with E-state index in [1.807, 2.05) is 36.8 Å². The van der Waals surface area contributed by atoms with E-state index in [4.69, 9.17) is 14.4 Å². The Labute approximate surface area is 458 Å². The van der Waals surface area contributed by atoms with Gasteiger partial charge in [-0.05, 0) is 137 Å². The van der Waals surface area contributed by atoms with Gasteiger partial charge in [-0.1, -0.05) is 138 Å². The Balaban J connectivity index is 0.00000540. The number of nitrogens with zero attached hydrogens (tertiary/aromatic N) is 6. The minimum absolute atomic E-state index is 0. The van der Waals surface area contributed by atoms with Gasteiger partial charge in [0.15, 0.2) is 5.58 Å². The molecule has 0 N–H and O–H groups in total. The molecule has 0 spiro atoms. The van der Waals surface area contributed by atoms with Crippen LogP contribution in [0.1, 0.15) is 16.7 Å². The van der Waals surface area contributed by atoms with Gasteiger partial charge in [-0.3, -0.25) is 9.55 Å². The molecule has 0 bridgehead atoms. The largest absolute Gasteiger partial charge is 0.454 e. The molecule has 15 aromatic rings. The molecule has 0 fully saturated rings. The fourth-order valence-corrected chi connectivity index (χ4v) is 12.4. The molecule has 77 heavy (non-hydrogen) atoms. The first-order valence-electron chi connectivity index (χ1n) is 25.8. The number of aromatic nitrogens is 6. The summed E-state index contributed by atoms with van der Waals surface area (Å²) in [6.45, 7) is 6.60. The summed E-state index contributed by atoms with van der Waals surface area (Å²) in [6, 6.07) is 73.5. The summed E-state index contributed by atoms with van der Waals surface area (Å²) in [7, 11) is 2.18. The Kier molecular flexibility index (Phi) is 10.8. The monoisotopic (exact) mass is 1170 g/mol. The van der Waals surface area contributed by atoms with E-state index in [-0.39, 0.29) is 21.1 Å². The Morgan fingerprint density at radius 3 is 2.04 bits per heavy atom. The predicted octanol–water partition coefficient (Wildman–Crippen LogP) is 17.5. The second kappa shape index (κ2) is 18.0. The topological polar surface area (TPSA) is 66.6 Å². The molecule has 0 radical (unpaired) electrons. The molecular formula is C69H47N6OPt-. The Morgan fingerprint density at radius 1 is 0.494 bits per heavy atom. The minimum Gasteiger partial charge on any atom is -0.454 e. The summed E-state index contributed by atoms with van der Waals surface area (Å²) in [6.07, 6.45) is 5.57. The average molecular weight is 1170 g/mol. The van der Waals surface area contributed by atoms with Crippen molar-refractivity contribution in [2.75, 3.05) is 0 Å². The van der Waals surface area contributed by atoms with Gasteiger partial charge in [-0.2, -0.15) is 0 Å². The van der Waals surface area contributed by atoms with Gasteiger partial charge in [-0.15, -0.1) is 23.8 Å². The summed E-state index contributed by atoms with van der Waals surface area (Å²) >= 11 is 0. The third kappa shape index (κ3) is 7.18. The quantitative estimate of drug-likeness (QED) is 0.149. The number of hydrogen-bond donors (Lipinski definition) is 0. The number of rotatable bonds is 7. The van der Waals surface area contributed by atoms with Crippen LogP contribution in [0.15, 0.2) is 217 Å². The summed E-state index contributed by atoms with van der Waals surface area (Å²) in [4.78, 5) is 15.3. The van der Waals surface area contributed by atoms with Gasteiger partial charge in [-0.25, -0.2) is 9.97 Å². The zero-order valence-electron chi connectivity index (χ0n) is 42.6. The second-order valence-corrected chi connectivity index (χ2v) is 20.1. The number of imidazole rings is 1. The molecule has 0 saturated carbocycles. The summed E-state index contributed by atoms with van der Waals surface area (Å²) in [5.41, 5.74) is 22.1. The van der Waals surface area contributed by atoms with Crippen molar-refractivity contribution in [3.63, 3.8) is 0 Å². The van der Waals surface area contributed by atoms with Crippen LogP contribution in [0.3, 0.4) is 0 Å². The third-order valence-electron chi connectivity index (χ3n) is 15.6. The molecular weight excluding hydrogens is 1120 g/mol. The maximum atomic E-state index is 7.01. The Morgan fingerprint density at radius 2 is 1.22 bits per heavy atom. The standard InChI is InChI=1S/C69H47N6O.Pt/c1-41-35-42(2)63(43(3)36-41)48-26-28-58-56(37-48)51-27-25-47(38-60(51)75(58)62-39-46(31-34-71-62)44-29-32-70-33-30-44)55-40-57-52-19-11-12-24-61(52)76-68(57)67-65(55)72-69(74(67)49-17-9-6-10-18-49)54-22-13-21-53-64-50(45-15-7-5-8-16-45)20-14-23-59(64)73(4)66(53)54;/h5-37,39-40H,1-4H3;/q-1;. The summed E-state index contributed by atoms with van der Waals surface area (Å²) in [5.74, 6) is 1.61. The van der Waals surface area contributed by atoms with Crippen LogP contribution in [0.5, 0.6) is 0 Å². The van der Waals surface area contributed by atoms with E-state index in [0.717, 1.165) is 111 Å². The zero-order chi connectivity index (χ0) is 50.8. The van der Waals surface area contributed by atoms with Crippen LogP contribution in [-0.4, -0.2) is 28.7 Å². The molecule has 6 aromatic heterocycles. The van der Waals surface area contributed by atoms with Gasteiger partial charge >= 0.3 is 0 Å². The van der Waals surface area contributed by atoms with Crippen LogP contribution in [0.25, 0.3) is 144 Å². The van der Waals surface area contributed by atoms with Gasteiger partial charge in [0.1, 0.15) is 22.7 Å². The fourth-order valence-electron chi connectivity index (χ4n) is 12.4. The van der Waals surface area contributed by atoms with Crippen molar-refractivity contribution in [2.24, 2.45) is 7.05 Å². The van der Waals surface area contributed by atoms with E-state index in [2.05, 4.69) is 228 Å². The van der Waals surface area contributed by atoms with Gasteiger partial charge in [0, 0.05) is 90.5 Å². The molecule has 9 aromatic carbocycles. The molecule has 0 aliphatic rings. The van der Waals surface area contributed by atoms with Gasteiger partial charge < -0.3 is 13.6 Å². The van der Waals surface area contributed by atoms with E-state index in [9.17, 15) is 0 Å². The molecule has 15 rings (SSSR count). The predicted molar refractivity (Wildman–Crippen MR) is 312 cm³/mol. The first-order chi connectivity index (χ1) is 37.4. The number of fused-ring (bicyclic) bond motifs is 11. The van der Waals surface area contributed by atoms with Crippen LogP contribution in [0.2, 0.25) is 0 Å². The third-order valence-corrected chi connectivity index (χ3v) is 15.6. The number of pyridine rings is 2. The van der Waals surface area contributed by atoms with Crippen molar-refractivity contribution in [3.8, 4) is 67.4 Å². The fraction of sp³-hybridized carbons (Fsp3) is 0.0580. The van der Waals surface area contributed by atoms with Crippen LogP contribution >= 0.6 is 0 Å². The van der Waals surface area contributed by atoms with Crippen molar-refractivity contribution in [1.82, 2.24) is 28.7 Å². The Hall–Kier alpha value is -9.16. The molecule has 0 atom stereocenters. The van der Waals surface area contributed by atoms with Crippen molar-refractivity contribution in [2.45, 2.75) is 20.8 Å².